The number of carbonyl (C=O) groups is 1. The summed E-state index contributed by atoms with van der Waals surface area (Å²) in [6, 6.07) is 25.6. The first kappa shape index (κ1) is 25.7. The first-order valence-electron chi connectivity index (χ1n) is 14.1. The molecule has 2 fully saturated rings. The molecule has 2 heterocycles. The summed E-state index contributed by atoms with van der Waals surface area (Å²) in [5.74, 6) is 0.197. The summed E-state index contributed by atoms with van der Waals surface area (Å²) in [5.41, 5.74) is 8.68. The Bertz CT molecular complexity index is 1390. The average molecular weight is 523 g/mol. The second kappa shape index (κ2) is 9.87. The Morgan fingerprint density at radius 2 is 1.62 bits per heavy atom. The van der Waals surface area contributed by atoms with E-state index in [2.05, 4.69) is 70.5 Å². The number of likely N-dealkylation sites (tertiary alicyclic amines) is 1. The molecule has 1 N–H and O–H groups in total. The van der Waals surface area contributed by atoms with Crippen LogP contribution < -0.4 is 4.90 Å². The SMILES string of the molecule is CC(C)(C)OC(=O)CN1CC2(C1)CN(c1ccc(C3=C(c4ccccc4)CCCc4cc(O)ccc43)cc1)C2. The summed E-state index contributed by atoms with van der Waals surface area (Å²) in [4.78, 5) is 16.8. The van der Waals surface area contributed by atoms with E-state index in [0.29, 0.717) is 17.7 Å². The van der Waals surface area contributed by atoms with Crippen LogP contribution in [0.2, 0.25) is 0 Å². The number of aromatic hydroxyl groups is 1. The number of rotatable bonds is 5. The van der Waals surface area contributed by atoms with Gasteiger partial charge >= 0.3 is 5.97 Å². The van der Waals surface area contributed by atoms with Crippen LogP contribution in [-0.2, 0) is 16.0 Å². The molecule has 0 bridgehead atoms. The van der Waals surface area contributed by atoms with Crippen LogP contribution >= 0.6 is 0 Å². The van der Waals surface area contributed by atoms with E-state index < -0.39 is 5.60 Å². The molecule has 0 atom stereocenters. The Morgan fingerprint density at radius 1 is 0.897 bits per heavy atom. The van der Waals surface area contributed by atoms with Gasteiger partial charge in [0.05, 0.1) is 6.54 Å². The third-order valence-electron chi connectivity index (χ3n) is 8.12. The number of phenols is 1. The van der Waals surface area contributed by atoms with Crippen molar-refractivity contribution in [3.63, 3.8) is 0 Å². The summed E-state index contributed by atoms with van der Waals surface area (Å²) < 4.78 is 5.48. The van der Waals surface area contributed by atoms with Crippen LogP contribution in [0.1, 0.15) is 55.9 Å². The molecule has 0 aromatic heterocycles. The normalized spacial score (nSPS) is 18.7. The summed E-state index contributed by atoms with van der Waals surface area (Å²) in [6.45, 7) is 10.1. The van der Waals surface area contributed by atoms with Crippen LogP contribution in [0.15, 0.2) is 72.8 Å². The smallest absolute Gasteiger partial charge is 0.320 e. The fourth-order valence-electron chi connectivity index (χ4n) is 6.59. The van der Waals surface area contributed by atoms with Crippen molar-refractivity contribution in [1.29, 1.82) is 0 Å². The van der Waals surface area contributed by atoms with Crippen molar-refractivity contribution in [2.75, 3.05) is 37.6 Å². The lowest BCUT2D eigenvalue weighted by Crippen LogP contribution is -2.72. The first-order chi connectivity index (χ1) is 18.7. The van der Waals surface area contributed by atoms with Gasteiger partial charge < -0.3 is 14.7 Å². The number of esters is 1. The highest BCUT2D eigenvalue weighted by molar-refractivity contribution is 6.00. The number of hydrogen-bond donors (Lipinski definition) is 1. The number of ether oxygens (including phenoxy) is 1. The van der Waals surface area contributed by atoms with E-state index in [1.807, 2.05) is 32.9 Å². The molecule has 0 amide bonds. The lowest BCUT2D eigenvalue weighted by Gasteiger charge is -2.61. The largest absolute Gasteiger partial charge is 0.508 e. The molecule has 39 heavy (non-hydrogen) atoms. The molecule has 202 valence electrons. The van der Waals surface area contributed by atoms with Crippen molar-refractivity contribution in [2.24, 2.45) is 5.41 Å². The Balaban J connectivity index is 1.18. The van der Waals surface area contributed by atoms with Gasteiger partial charge in [-0.2, -0.15) is 0 Å². The van der Waals surface area contributed by atoms with Gasteiger partial charge in [-0.05, 0) is 97.7 Å². The van der Waals surface area contributed by atoms with Crippen LogP contribution in [0.25, 0.3) is 11.1 Å². The zero-order valence-corrected chi connectivity index (χ0v) is 23.2. The highest BCUT2D eigenvalue weighted by Gasteiger charge is 2.52. The topological polar surface area (TPSA) is 53.0 Å². The number of fused-ring (bicyclic) bond motifs is 1. The van der Waals surface area contributed by atoms with Gasteiger partial charge in [-0.25, -0.2) is 0 Å². The summed E-state index contributed by atoms with van der Waals surface area (Å²) in [7, 11) is 0. The molecule has 0 unspecified atom stereocenters. The van der Waals surface area contributed by atoms with Crippen molar-refractivity contribution in [3.05, 3.63) is 95.1 Å². The Morgan fingerprint density at radius 3 is 2.31 bits per heavy atom. The van der Waals surface area contributed by atoms with E-state index in [4.69, 9.17) is 4.74 Å². The minimum absolute atomic E-state index is 0.136. The number of phenolic OH excluding ortho intramolecular Hbond substituents is 1. The quantitative estimate of drug-likeness (QED) is 0.407. The fraction of sp³-hybridized carbons (Fsp3) is 0.382. The third kappa shape index (κ3) is 5.33. The van der Waals surface area contributed by atoms with E-state index in [9.17, 15) is 9.90 Å². The summed E-state index contributed by atoms with van der Waals surface area (Å²) in [6.07, 6.45) is 3.02. The Labute approximate surface area is 231 Å². The molecule has 1 spiro atoms. The number of hydrogen-bond acceptors (Lipinski definition) is 5. The lowest BCUT2D eigenvalue weighted by molar-refractivity contribution is -0.160. The first-order valence-corrected chi connectivity index (χ1v) is 14.1. The second-order valence-corrected chi connectivity index (χ2v) is 12.5. The third-order valence-corrected chi connectivity index (χ3v) is 8.12. The molecule has 2 aliphatic heterocycles. The minimum Gasteiger partial charge on any atom is -0.508 e. The zero-order valence-electron chi connectivity index (χ0n) is 23.2. The molecule has 5 heteroatoms. The van der Waals surface area contributed by atoms with Crippen molar-refractivity contribution >= 4 is 22.8 Å². The number of nitrogens with zero attached hydrogens (tertiary/aromatic N) is 2. The fourth-order valence-corrected chi connectivity index (χ4v) is 6.59. The minimum atomic E-state index is -0.433. The highest BCUT2D eigenvalue weighted by Crippen LogP contribution is 2.44. The van der Waals surface area contributed by atoms with Crippen molar-refractivity contribution in [1.82, 2.24) is 4.90 Å². The van der Waals surface area contributed by atoms with Gasteiger partial charge in [0.1, 0.15) is 11.4 Å². The molecule has 1 aliphatic carbocycles. The molecule has 5 nitrogen and oxygen atoms in total. The van der Waals surface area contributed by atoms with Gasteiger partial charge in [0.15, 0.2) is 0 Å². The highest BCUT2D eigenvalue weighted by atomic mass is 16.6. The number of aryl methyl sites for hydroxylation is 1. The van der Waals surface area contributed by atoms with Crippen molar-refractivity contribution < 1.29 is 14.6 Å². The lowest BCUT2D eigenvalue weighted by atomic mass is 9.72. The second-order valence-electron chi connectivity index (χ2n) is 12.5. The van der Waals surface area contributed by atoms with Gasteiger partial charge in [0.2, 0.25) is 0 Å². The van der Waals surface area contributed by atoms with Crippen LogP contribution in [0, 0.1) is 5.41 Å². The van der Waals surface area contributed by atoms with Gasteiger partial charge in [-0.15, -0.1) is 0 Å². The van der Waals surface area contributed by atoms with Crippen LogP contribution in [-0.4, -0.2) is 54.3 Å². The molecule has 3 aliphatic rings. The maximum absolute atomic E-state index is 12.2. The number of benzene rings is 3. The predicted octanol–water partition coefficient (Wildman–Crippen LogP) is 6.15. The van der Waals surface area contributed by atoms with Crippen LogP contribution in [0.5, 0.6) is 5.75 Å². The van der Waals surface area contributed by atoms with Gasteiger partial charge in [0.25, 0.3) is 0 Å². The molecule has 0 radical (unpaired) electrons. The molecule has 2 saturated heterocycles. The van der Waals surface area contributed by atoms with Crippen molar-refractivity contribution in [3.8, 4) is 5.75 Å². The van der Waals surface area contributed by atoms with Crippen LogP contribution in [0.3, 0.4) is 0 Å². The van der Waals surface area contributed by atoms with E-state index in [1.165, 1.54) is 39.1 Å². The average Bonchev–Trinajstić information content (AvgIpc) is 3.03. The molecule has 0 saturated carbocycles. The zero-order chi connectivity index (χ0) is 27.2. The van der Waals surface area contributed by atoms with Gasteiger partial charge in [-0.3, -0.25) is 9.69 Å². The van der Waals surface area contributed by atoms with E-state index in [-0.39, 0.29) is 5.97 Å². The van der Waals surface area contributed by atoms with Gasteiger partial charge in [0, 0.05) is 37.3 Å². The summed E-state index contributed by atoms with van der Waals surface area (Å²) in [5, 5.41) is 10.2. The van der Waals surface area contributed by atoms with E-state index in [0.717, 1.165) is 45.4 Å². The monoisotopic (exact) mass is 522 g/mol. The van der Waals surface area contributed by atoms with E-state index in [1.54, 1.807) is 0 Å². The van der Waals surface area contributed by atoms with Gasteiger partial charge in [-0.1, -0.05) is 48.5 Å². The van der Waals surface area contributed by atoms with Crippen molar-refractivity contribution in [2.45, 2.75) is 45.6 Å². The molecule has 6 rings (SSSR count). The van der Waals surface area contributed by atoms with E-state index >= 15 is 0 Å². The molecular weight excluding hydrogens is 484 g/mol. The summed E-state index contributed by atoms with van der Waals surface area (Å²) >= 11 is 0. The molecular formula is C34H38N2O3. The number of carbonyl (C=O) groups excluding carboxylic acids is 1. The Hall–Kier alpha value is -3.57. The molecule has 3 aromatic rings. The number of allylic oxidation sites excluding steroid dienone is 1. The molecule has 3 aromatic carbocycles. The predicted molar refractivity (Wildman–Crippen MR) is 157 cm³/mol. The maximum atomic E-state index is 12.2. The number of anilines is 1. The van der Waals surface area contributed by atoms with Crippen LogP contribution in [0.4, 0.5) is 5.69 Å². The maximum Gasteiger partial charge on any atom is 0.320 e. The standard InChI is InChI=1S/C34H38N2O3/c1-33(2,3)39-31(38)19-35-20-34(21-35)22-36(23-34)27-14-12-25(13-15-27)32-29(24-8-5-4-6-9-24)11-7-10-26-18-28(37)16-17-30(26)32/h4-6,8-9,12-18,37H,7,10-11,19-23H2,1-3H3. The Kier molecular flexibility index (Phi) is 6.50.